The molecular weight excluding hydrogens is 217 g/mol. The topological polar surface area (TPSA) is 115 Å². The predicted octanol–water partition coefficient (Wildman–Crippen LogP) is -0.709. The normalized spacial score (nSPS) is 11.7. The molecule has 9 heteroatoms. The van der Waals surface area contributed by atoms with Gasteiger partial charge in [0.05, 0.1) is 12.4 Å². The van der Waals surface area contributed by atoms with E-state index < -0.39 is 5.82 Å². The van der Waals surface area contributed by atoms with Crippen molar-refractivity contribution in [2.45, 2.75) is 0 Å². The Morgan fingerprint density at radius 1 is 1.38 bits per heavy atom. The van der Waals surface area contributed by atoms with Crippen LogP contribution < -0.4 is 5.73 Å². The lowest BCUT2D eigenvalue weighted by Gasteiger charge is -1.96. The van der Waals surface area contributed by atoms with Crippen molar-refractivity contribution in [1.29, 1.82) is 0 Å². The highest BCUT2D eigenvalue weighted by Gasteiger charge is 2.08. The van der Waals surface area contributed by atoms with Crippen LogP contribution >= 0.6 is 0 Å². The van der Waals surface area contributed by atoms with Crippen LogP contribution in [0.3, 0.4) is 0 Å². The fourth-order valence-electron chi connectivity index (χ4n) is 0.945. The van der Waals surface area contributed by atoms with Crippen molar-refractivity contribution in [2.75, 3.05) is 0 Å². The number of oxime groups is 1. The molecule has 0 spiro atoms. The summed E-state index contributed by atoms with van der Waals surface area (Å²) in [6.07, 6.45) is 3.25. The van der Waals surface area contributed by atoms with Crippen LogP contribution in [0, 0.1) is 5.82 Å². The van der Waals surface area contributed by atoms with Crippen LogP contribution in [0.25, 0.3) is 5.95 Å². The summed E-state index contributed by atoms with van der Waals surface area (Å²) < 4.78 is 13.7. The lowest BCUT2D eigenvalue weighted by molar-refractivity contribution is 0.318. The van der Waals surface area contributed by atoms with Gasteiger partial charge >= 0.3 is 0 Å². The quantitative estimate of drug-likeness (QED) is 0.301. The first-order valence-corrected chi connectivity index (χ1v) is 4.08. The Kier molecular flexibility index (Phi) is 2.42. The van der Waals surface area contributed by atoms with Gasteiger partial charge in [0.15, 0.2) is 5.82 Å². The van der Waals surface area contributed by atoms with Crippen molar-refractivity contribution >= 4 is 5.84 Å². The molecule has 0 aliphatic heterocycles. The van der Waals surface area contributed by atoms with E-state index in [1.54, 1.807) is 0 Å². The maximum Gasteiger partial charge on any atom is 0.252 e. The lowest BCUT2D eigenvalue weighted by Crippen LogP contribution is -2.15. The standard InChI is InChI=1S/C7H6FN7O/c8-4-1-10-7(11-2-4)15-3-12-6(13-15)5(9)14-16/h1-3,16H,(H2,9,14). The van der Waals surface area contributed by atoms with Crippen LogP contribution in [0.1, 0.15) is 5.82 Å². The zero-order valence-electron chi connectivity index (χ0n) is 7.82. The maximum absolute atomic E-state index is 12.5. The van der Waals surface area contributed by atoms with Gasteiger partial charge in [0.1, 0.15) is 6.33 Å². The van der Waals surface area contributed by atoms with Crippen LogP contribution in [0.15, 0.2) is 23.9 Å². The van der Waals surface area contributed by atoms with E-state index in [0.717, 1.165) is 12.4 Å². The third-order valence-electron chi connectivity index (χ3n) is 1.64. The summed E-state index contributed by atoms with van der Waals surface area (Å²) in [5, 5.41) is 15.0. The number of halogens is 1. The van der Waals surface area contributed by atoms with Gasteiger partial charge in [-0.3, -0.25) is 0 Å². The Hall–Kier alpha value is -2.58. The van der Waals surface area contributed by atoms with E-state index in [2.05, 4.69) is 25.2 Å². The van der Waals surface area contributed by atoms with Crippen LogP contribution in [0.5, 0.6) is 0 Å². The Balaban J connectivity index is 2.35. The van der Waals surface area contributed by atoms with Gasteiger partial charge in [0.25, 0.3) is 5.95 Å². The highest BCUT2D eigenvalue weighted by molar-refractivity contribution is 5.93. The van der Waals surface area contributed by atoms with E-state index in [9.17, 15) is 4.39 Å². The third kappa shape index (κ3) is 1.78. The van der Waals surface area contributed by atoms with E-state index in [1.165, 1.54) is 11.0 Å². The molecule has 0 aromatic carbocycles. The van der Waals surface area contributed by atoms with Gasteiger partial charge in [-0.2, -0.15) is 4.68 Å². The first-order valence-electron chi connectivity index (χ1n) is 4.08. The summed E-state index contributed by atoms with van der Waals surface area (Å²) in [6, 6.07) is 0. The highest BCUT2D eigenvalue weighted by Crippen LogP contribution is 1.99. The number of rotatable bonds is 2. The van der Waals surface area contributed by atoms with Gasteiger partial charge in [0.2, 0.25) is 11.7 Å². The number of amidine groups is 1. The van der Waals surface area contributed by atoms with Gasteiger partial charge < -0.3 is 10.9 Å². The molecule has 0 unspecified atom stereocenters. The summed E-state index contributed by atoms with van der Waals surface area (Å²) >= 11 is 0. The molecule has 2 rings (SSSR count). The molecule has 3 N–H and O–H groups in total. The van der Waals surface area contributed by atoms with E-state index in [-0.39, 0.29) is 17.6 Å². The Labute approximate surface area is 88.3 Å². The van der Waals surface area contributed by atoms with Crippen molar-refractivity contribution in [3.8, 4) is 5.95 Å². The molecule has 0 bridgehead atoms. The molecule has 82 valence electrons. The molecule has 2 aromatic heterocycles. The fourth-order valence-corrected chi connectivity index (χ4v) is 0.945. The van der Waals surface area contributed by atoms with Crippen molar-refractivity contribution in [3.05, 3.63) is 30.4 Å². The maximum atomic E-state index is 12.5. The molecule has 8 nitrogen and oxygen atoms in total. The van der Waals surface area contributed by atoms with E-state index in [0.29, 0.717) is 0 Å². The minimum absolute atomic E-state index is 0.0235. The summed E-state index contributed by atoms with van der Waals surface area (Å²) in [5.41, 5.74) is 5.27. The van der Waals surface area contributed by atoms with Crippen LogP contribution in [0.4, 0.5) is 4.39 Å². The lowest BCUT2D eigenvalue weighted by atomic mass is 10.6. The van der Waals surface area contributed by atoms with E-state index >= 15 is 0 Å². The first kappa shape index (κ1) is 9.96. The highest BCUT2D eigenvalue weighted by atomic mass is 19.1. The molecule has 0 atom stereocenters. The number of hydrogen-bond donors (Lipinski definition) is 2. The summed E-state index contributed by atoms with van der Waals surface area (Å²) in [6.45, 7) is 0. The van der Waals surface area contributed by atoms with E-state index in [4.69, 9.17) is 10.9 Å². The Morgan fingerprint density at radius 3 is 2.69 bits per heavy atom. The van der Waals surface area contributed by atoms with Crippen molar-refractivity contribution in [3.63, 3.8) is 0 Å². The van der Waals surface area contributed by atoms with Gasteiger partial charge in [0, 0.05) is 0 Å². The van der Waals surface area contributed by atoms with Crippen molar-refractivity contribution in [1.82, 2.24) is 24.7 Å². The molecule has 0 aliphatic carbocycles. The zero-order valence-corrected chi connectivity index (χ0v) is 7.82. The second-order valence-corrected chi connectivity index (χ2v) is 2.70. The monoisotopic (exact) mass is 223 g/mol. The molecule has 2 aromatic rings. The number of hydrogen-bond acceptors (Lipinski definition) is 6. The van der Waals surface area contributed by atoms with Gasteiger partial charge in [-0.05, 0) is 0 Å². The average molecular weight is 223 g/mol. The Bertz CT molecular complexity index is 520. The molecule has 0 aliphatic rings. The smallest absolute Gasteiger partial charge is 0.252 e. The second-order valence-electron chi connectivity index (χ2n) is 2.70. The SMILES string of the molecule is NC(=NO)c1ncn(-c2ncc(F)cn2)n1. The zero-order chi connectivity index (χ0) is 11.5. The van der Waals surface area contributed by atoms with Crippen molar-refractivity contribution < 1.29 is 9.60 Å². The summed E-state index contributed by atoms with van der Waals surface area (Å²) in [5.74, 6) is -0.636. The molecule has 0 fully saturated rings. The molecular formula is C7H6FN7O. The second kappa shape index (κ2) is 3.88. The number of aromatic nitrogens is 5. The minimum Gasteiger partial charge on any atom is -0.409 e. The minimum atomic E-state index is -0.555. The third-order valence-corrected chi connectivity index (χ3v) is 1.64. The largest absolute Gasteiger partial charge is 0.409 e. The average Bonchev–Trinajstić information content (AvgIpc) is 2.78. The molecule has 0 amide bonds. The van der Waals surface area contributed by atoms with Crippen LogP contribution in [0.2, 0.25) is 0 Å². The molecule has 0 saturated heterocycles. The molecule has 0 saturated carbocycles. The molecule has 0 radical (unpaired) electrons. The van der Waals surface area contributed by atoms with Crippen LogP contribution in [-0.4, -0.2) is 35.8 Å². The van der Waals surface area contributed by atoms with Gasteiger partial charge in [-0.15, -0.1) is 5.10 Å². The predicted molar refractivity (Wildman–Crippen MR) is 49.4 cm³/mol. The van der Waals surface area contributed by atoms with Crippen molar-refractivity contribution in [2.24, 2.45) is 10.9 Å². The fraction of sp³-hybridized carbons (Fsp3) is 0. The summed E-state index contributed by atoms with van der Waals surface area (Å²) in [4.78, 5) is 11.1. The first-order chi connectivity index (χ1) is 7.70. The number of nitrogens with zero attached hydrogens (tertiary/aromatic N) is 6. The molecule has 2 heterocycles. The van der Waals surface area contributed by atoms with E-state index in [1.807, 2.05) is 0 Å². The Morgan fingerprint density at radius 2 is 2.06 bits per heavy atom. The molecule has 16 heavy (non-hydrogen) atoms. The summed E-state index contributed by atoms with van der Waals surface area (Å²) in [7, 11) is 0. The van der Waals surface area contributed by atoms with Crippen LogP contribution in [-0.2, 0) is 0 Å². The van der Waals surface area contributed by atoms with Gasteiger partial charge in [-0.1, -0.05) is 5.16 Å². The number of nitrogens with two attached hydrogens (primary N) is 1. The van der Waals surface area contributed by atoms with Gasteiger partial charge in [-0.25, -0.2) is 19.3 Å².